The number of hydrogen-bond donors (Lipinski definition) is 0. The Morgan fingerprint density at radius 2 is 2.15 bits per heavy atom. The molecule has 4 rings (SSSR count). The summed E-state index contributed by atoms with van der Waals surface area (Å²) in [6, 6.07) is 7.78. The number of amides is 1. The molecule has 0 atom stereocenters. The normalized spacial score (nSPS) is 18.2. The predicted molar refractivity (Wildman–Crippen MR) is 71.2 cm³/mol. The first-order valence-electron chi connectivity index (χ1n) is 7.01. The van der Waals surface area contributed by atoms with Crippen LogP contribution in [0, 0.1) is 0 Å². The maximum Gasteiger partial charge on any atom is 0.254 e. The van der Waals surface area contributed by atoms with Gasteiger partial charge in [0.15, 0.2) is 5.82 Å². The number of hydrogen-bond acceptors (Lipinski definition) is 4. The lowest BCUT2D eigenvalue weighted by Crippen LogP contribution is -2.37. The van der Waals surface area contributed by atoms with E-state index in [0.29, 0.717) is 24.8 Å². The van der Waals surface area contributed by atoms with E-state index in [1.54, 1.807) is 4.90 Å². The van der Waals surface area contributed by atoms with Crippen LogP contribution in [0.15, 0.2) is 28.8 Å². The lowest BCUT2D eigenvalue weighted by molar-refractivity contribution is 0.0721. The molecule has 1 aliphatic heterocycles. The highest BCUT2D eigenvalue weighted by Crippen LogP contribution is 2.38. The lowest BCUT2D eigenvalue weighted by atomic mass is 9.99. The highest BCUT2D eigenvalue weighted by molar-refractivity contribution is 5.96. The van der Waals surface area contributed by atoms with Crippen molar-refractivity contribution in [3.05, 3.63) is 47.1 Å². The van der Waals surface area contributed by atoms with E-state index < -0.39 is 0 Å². The van der Waals surface area contributed by atoms with E-state index in [9.17, 15) is 4.79 Å². The fourth-order valence-corrected chi connectivity index (χ4v) is 2.62. The van der Waals surface area contributed by atoms with Gasteiger partial charge in [-0.25, -0.2) is 0 Å². The van der Waals surface area contributed by atoms with E-state index in [4.69, 9.17) is 4.52 Å². The quantitative estimate of drug-likeness (QED) is 0.856. The Balaban J connectivity index is 1.53. The van der Waals surface area contributed by atoms with Crippen LogP contribution in [0.3, 0.4) is 0 Å². The maximum absolute atomic E-state index is 12.4. The second-order valence-electron chi connectivity index (χ2n) is 5.46. The molecule has 0 spiro atoms. The molecule has 0 radical (unpaired) electrons. The zero-order chi connectivity index (χ0) is 13.5. The van der Waals surface area contributed by atoms with E-state index in [1.165, 1.54) is 0 Å². The van der Waals surface area contributed by atoms with Crippen molar-refractivity contribution < 1.29 is 9.32 Å². The second kappa shape index (κ2) is 4.44. The zero-order valence-electron chi connectivity index (χ0n) is 11.1. The fraction of sp³-hybridized carbons (Fsp3) is 0.400. The fourth-order valence-electron chi connectivity index (χ4n) is 2.62. The van der Waals surface area contributed by atoms with E-state index >= 15 is 0 Å². The van der Waals surface area contributed by atoms with Crippen LogP contribution in [-0.4, -0.2) is 27.5 Å². The minimum absolute atomic E-state index is 0.0598. The molecule has 0 N–H and O–H groups in total. The second-order valence-corrected chi connectivity index (χ2v) is 5.46. The average Bonchev–Trinajstić information content (AvgIpc) is 3.23. The number of aromatic nitrogens is 2. The van der Waals surface area contributed by atoms with Gasteiger partial charge >= 0.3 is 0 Å². The van der Waals surface area contributed by atoms with E-state index in [1.807, 2.05) is 24.3 Å². The van der Waals surface area contributed by atoms with E-state index in [0.717, 1.165) is 36.3 Å². The van der Waals surface area contributed by atoms with Crippen LogP contribution in [0.1, 0.15) is 46.4 Å². The minimum atomic E-state index is 0.0598. The number of carbonyl (C=O) groups excluding carboxylic acids is 1. The van der Waals surface area contributed by atoms with Gasteiger partial charge in [0, 0.05) is 18.0 Å². The van der Waals surface area contributed by atoms with Gasteiger partial charge in [-0.3, -0.25) is 4.79 Å². The predicted octanol–water partition coefficient (Wildman–Crippen LogP) is 2.15. The molecule has 1 aliphatic carbocycles. The molecular weight excluding hydrogens is 254 g/mol. The van der Waals surface area contributed by atoms with Gasteiger partial charge in [-0.1, -0.05) is 23.4 Å². The molecule has 5 nitrogen and oxygen atoms in total. The molecule has 102 valence electrons. The number of fused-ring (bicyclic) bond motifs is 1. The van der Waals surface area contributed by atoms with Gasteiger partial charge in [0.1, 0.15) is 0 Å². The molecule has 1 aromatic carbocycles. The van der Waals surface area contributed by atoms with Gasteiger partial charge in [-0.05, 0) is 30.9 Å². The number of benzene rings is 1. The van der Waals surface area contributed by atoms with Gasteiger partial charge in [0.2, 0.25) is 5.89 Å². The molecule has 20 heavy (non-hydrogen) atoms. The Hall–Kier alpha value is -2.17. The molecule has 0 saturated heterocycles. The van der Waals surface area contributed by atoms with Gasteiger partial charge in [0.25, 0.3) is 5.91 Å². The van der Waals surface area contributed by atoms with Gasteiger partial charge in [0.05, 0.1) is 6.54 Å². The zero-order valence-corrected chi connectivity index (χ0v) is 11.1. The van der Waals surface area contributed by atoms with E-state index in [-0.39, 0.29) is 5.91 Å². The molecule has 2 heterocycles. The molecule has 2 aromatic rings. The third-order valence-corrected chi connectivity index (χ3v) is 3.93. The summed E-state index contributed by atoms with van der Waals surface area (Å²) in [6.45, 7) is 1.15. The van der Waals surface area contributed by atoms with Gasteiger partial charge in [-0.2, -0.15) is 4.98 Å². The molecule has 5 heteroatoms. The number of carbonyl (C=O) groups is 1. The third kappa shape index (κ3) is 1.99. The highest BCUT2D eigenvalue weighted by Gasteiger charge is 2.30. The summed E-state index contributed by atoms with van der Waals surface area (Å²) in [5.41, 5.74) is 1.92. The summed E-state index contributed by atoms with van der Waals surface area (Å²) in [4.78, 5) is 18.6. The molecule has 0 unspecified atom stereocenters. The minimum Gasteiger partial charge on any atom is -0.339 e. The Labute approximate surface area is 116 Å². The van der Waals surface area contributed by atoms with Crippen LogP contribution >= 0.6 is 0 Å². The van der Waals surface area contributed by atoms with Crippen molar-refractivity contribution in [2.75, 3.05) is 6.54 Å². The molecule has 0 bridgehead atoms. The van der Waals surface area contributed by atoms with Crippen molar-refractivity contribution in [1.82, 2.24) is 15.0 Å². The number of rotatable bonds is 3. The smallest absolute Gasteiger partial charge is 0.254 e. The van der Waals surface area contributed by atoms with Crippen LogP contribution in [0.2, 0.25) is 0 Å². The summed E-state index contributed by atoms with van der Waals surface area (Å²) in [6.07, 6.45) is 3.16. The molecule has 1 aromatic heterocycles. The summed E-state index contributed by atoms with van der Waals surface area (Å²) >= 11 is 0. The Bertz CT molecular complexity index is 661. The SMILES string of the molecule is O=C1c2ccccc2CCN1Cc1noc(C2CC2)n1. The third-order valence-electron chi connectivity index (χ3n) is 3.93. The first-order chi connectivity index (χ1) is 9.81. The summed E-state index contributed by atoms with van der Waals surface area (Å²) in [5.74, 6) is 1.85. The monoisotopic (exact) mass is 269 g/mol. The largest absolute Gasteiger partial charge is 0.339 e. The molecule has 1 amide bonds. The van der Waals surface area contributed by atoms with E-state index in [2.05, 4.69) is 10.1 Å². The first kappa shape index (κ1) is 11.6. The van der Waals surface area contributed by atoms with Gasteiger partial charge in [-0.15, -0.1) is 0 Å². The van der Waals surface area contributed by atoms with Crippen molar-refractivity contribution in [2.24, 2.45) is 0 Å². The molecule has 1 saturated carbocycles. The molecule has 2 aliphatic rings. The first-order valence-corrected chi connectivity index (χ1v) is 7.01. The molecular formula is C15H15N3O2. The van der Waals surface area contributed by atoms with Crippen molar-refractivity contribution in [3.8, 4) is 0 Å². The van der Waals surface area contributed by atoms with Crippen LogP contribution in [0.25, 0.3) is 0 Å². The summed E-state index contributed by atoms with van der Waals surface area (Å²) < 4.78 is 5.24. The standard InChI is InChI=1S/C15H15N3O2/c19-15-12-4-2-1-3-10(12)7-8-18(15)9-13-16-14(20-17-13)11-5-6-11/h1-4,11H,5-9H2. The van der Waals surface area contributed by atoms with Crippen LogP contribution < -0.4 is 0 Å². The van der Waals surface area contributed by atoms with Crippen molar-refractivity contribution in [3.63, 3.8) is 0 Å². The van der Waals surface area contributed by atoms with Crippen molar-refractivity contribution in [2.45, 2.75) is 31.7 Å². The maximum atomic E-state index is 12.4. The summed E-state index contributed by atoms with van der Waals surface area (Å²) in [7, 11) is 0. The average molecular weight is 269 g/mol. The number of nitrogens with zero attached hydrogens (tertiary/aromatic N) is 3. The summed E-state index contributed by atoms with van der Waals surface area (Å²) in [5, 5.41) is 3.98. The van der Waals surface area contributed by atoms with Crippen molar-refractivity contribution >= 4 is 5.91 Å². The van der Waals surface area contributed by atoms with Crippen LogP contribution in [-0.2, 0) is 13.0 Å². The topological polar surface area (TPSA) is 59.2 Å². The van der Waals surface area contributed by atoms with Crippen LogP contribution in [0.4, 0.5) is 0 Å². The van der Waals surface area contributed by atoms with Crippen LogP contribution in [0.5, 0.6) is 0 Å². The lowest BCUT2D eigenvalue weighted by Gasteiger charge is -2.27. The van der Waals surface area contributed by atoms with Crippen molar-refractivity contribution in [1.29, 1.82) is 0 Å². The van der Waals surface area contributed by atoms with Gasteiger partial charge < -0.3 is 9.42 Å². The highest BCUT2D eigenvalue weighted by atomic mass is 16.5. The Morgan fingerprint density at radius 1 is 1.30 bits per heavy atom. The Kier molecular flexibility index (Phi) is 2.58. The molecule has 1 fully saturated rings. The Morgan fingerprint density at radius 3 is 3.00 bits per heavy atom.